The first kappa shape index (κ1) is 18.3. The van der Waals surface area contributed by atoms with Crippen molar-refractivity contribution in [2.75, 3.05) is 11.1 Å². The number of hydrogen-bond acceptors (Lipinski definition) is 5. The maximum absolute atomic E-state index is 12.3. The largest absolute Gasteiger partial charge is 0.461 e. The van der Waals surface area contributed by atoms with E-state index in [1.165, 1.54) is 11.8 Å². The van der Waals surface area contributed by atoms with E-state index in [4.69, 9.17) is 16.0 Å². The summed E-state index contributed by atoms with van der Waals surface area (Å²) < 4.78 is 7.25. The molecule has 0 spiro atoms. The number of carbonyl (C=O) groups excluding carboxylic acids is 1. The first-order valence-electron chi connectivity index (χ1n) is 7.86. The molecule has 0 fully saturated rings. The minimum Gasteiger partial charge on any atom is -0.461 e. The highest BCUT2D eigenvalue weighted by Gasteiger charge is 2.17. The van der Waals surface area contributed by atoms with Crippen molar-refractivity contribution in [1.29, 1.82) is 0 Å². The number of amides is 1. The van der Waals surface area contributed by atoms with Crippen LogP contribution in [0.5, 0.6) is 0 Å². The van der Waals surface area contributed by atoms with Crippen molar-refractivity contribution in [1.82, 2.24) is 14.8 Å². The van der Waals surface area contributed by atoms with Gasteiger partial charge in [0.2, 0.25) is 11.7 Å². The lowest BCUT2D eigenvalue weighted by atomic mass is 10.2. The Labute approximate surface area is 160 Å². The van der Waals surface area contributed by atoms with Crippen LogP contribution >= 0.6 is 23.4 Å². The zero-order chi connectivity index (χ0) is 18.5. The molecule has 1 N–H and O–H groups in total. The monoisotopic (exact) mass is 388 g/mol. The molecule has 2 aromatic heterocycles. The number of furan rings is 1. The number of anilines is 1. The van der Waals surface area contributed by atoms with Crippen molar-refractivity contribution in [2.24, 2.45) is 0 Å². The normalized spacial score (nSPS) is 10.7. The van der Waals surface area contributed by atoms with E-state index in [1.54, 1.807) is 30.5 Å². The Kier molecular flexibility index (Phi) is 5.80. The van der Waals surface area contributed by atoms with Crippen LogP contribution in [0, 0.1) is 6.92 Å². The Bertz CT molecular complexity index is 921. The lowest BCUT2D eigenvalue weighted by Gasteiger charge is -2.09. The predicted molar refractivity (Wildman–Crippen MR) is 103 cm³/mol. The van der Waals surface area contributed by atoms with Crippen LogP contribution in [-0.4, -0.2) is 26.4 Å². The smallest absolute Gasteiger partial charge is 0.234 e. The Hall–Kier alpha value is -2.51. The van der Waals surface area contributed by atoms with Gasteiger partial charge in [0.05, 0.1) is 12.0 Å². The Morgan fingerprint density at radius 3 is 2.96 bits per heavy atom. The number of allylic oxidation sites excluding steroid dienone is 1. The molecule has 26 heavy (non-hydrogen) atoms. The van der Waals surface area contributed by atoms with Crippen LogP contribution in [-0.2, 0) is 11.3 Å². The quantitative estimate of drug-likeness (QED) is 0.479. The van der Waals surface area contributed by atoms with Gasteiger partial charge in [-0.15, -0.1) is 16.8 Å². The molecule has 0 saturated heterocycles. The number of carbonyl (C=O) groups is 1. The third kappa shape index (κ3) is 4.00. The van der Waals surface area contributed by atoms with Gasteiger partial charge in [-0.3, -0.25) is 9.36 Å². The van der Waals surface area contributed by atoms with Crippen LogP contribution < -0.4 is 5.32 Å². The van der Waals surface area contributed by atoms with E-state index in [0.717, 1.165) is 5.56 Å². The van der Waals surface area contributed by atoms with Crippen molar-refractivity contribution in [3.63, 3.8) is 0 Å². The molecular weight excluding hydrogens is 372 g/mol. The van der Waals surface area contributed by atoms with Crippen molar-refractivity contribution in [2.45, 2.75) is 18.6 Å². The fourth-order valence-corrected chi connectivity index (χ4v) is 3.26. The summed E-state index contributed by atoms with van der Waals surface area (Å²) in [4.78, 5) is 12.3. The Morgan fingerprint density at radius 1 is 1.38 bits per heavy atom. The van der Waals surface area contributed by atoms with Gasteiger partial charge < -0.3 is 9.73 Å². The van der Waals surface area contributed by atoms with E-state index in [1.807, 2.05) is 23.6 Å². The van der Waals surface area contributed by atoms with Crippen molar-refractivity contribution in [3.05, 3.63) is 59.8 Å². The van der Waals surface area contributed by atoms with E-state index in [0.29, 0.717) is 34.0 Å². The minimum atomic E-state index is -0.145. The lowest BCUT2D eigenvalue weighted by molar-refractivity contribution is -0.113. The van der Waals surface area contributed by atoms with Crippen LogP contribution in [0.3, 0.4) is 0 Å². The number of thioether (sulfide) groups is 1. The van der Waals surface area contributed by atoms with Crippen molar-refractivity contribution < 1.29 is 9.21 Å². The molecule has 0 radical (unpaired) electrons. The molecule has 0 aliphatic rings. The summed E-state index contributed by atoms with van der Waals surface area (Å²) in [5.74, 6) is 1.26. The topological polar surface area (TPSA) is 73.0 Å². The number of nitrogens with zero attached hydrogens (tertiary/aromatic N) is 3. The molecule has 2 heterocycles. The maximum Gasteiger partial charge on any atom is 0.234 e. The van der Waals surface area contributed by atoms with Gasteiger partial charge in [-0.1, -0.05) is 35.5 Å². The van der Waals surface area contributed by atoms with E-state index >= 15 is 0 Å². The van der Waals surface area contributed by atoms with E-state index < -0.39 is 0 Å². The molecular formula is C18H17ClN4O2S. The molecule has 0 unspecified atom stereocenters. The third-order valence-electron chi connectivity index (χ3n) is 3.64. The summed E-state index contributed by atoms with van der Waals surface area (Å²) in [6, 6.07) is 9.01. The van der Waals surface area contributed by atoms with Gasteiger partial charge >= 0.3 is 0 Å². The van der Waals surface area contributed by atoms with Gasteiger partial charge in [0, 0.05) is 17.3 Å². The molecule has 0 bridgehead atoms. The molecule has 6 nitrogen and oxygen atoms in total. The van der Waals surface area contributed by atoms with E-state index in [-0.39, 0.29) is 11.7 Å². The molecule has 1 amide bonds. The number of halogens is 1. The van der Waals surface area contributed by atoms with Crippen molar-refractivity contribution >= 4 is 35.0 Å². The Balaban J connectivity index is 1.70. The molecule has 0 saturated carbocycles. The highest BCUT2D eigenvalue weighted by molar-refractivity contribution is 7.99. The predicted octanol–water partition coefficient (Wildman–Crippen LogP) is 4.42. The zero-order valence-corrected chi connectivity index (χ0v) is 15.7. The summed E-state index contributed by atoms with van der Waals surface area (Å²) >= 11 is 7.38. The van der Waals surface area contributed by atoms with Crippen LogP contribution in [0.15, 0.2) is 58.8 Å². The maximum atomic E-state index is 12.3. The molecule has 0 aliphatic heterocycles. The molecule has 3 aromatic rings. The van der Waals surface area contributed by atoms with Gasteiger partial charge in [0.15, 0.2) is 10.9 Å². The summed E-state index contributed by atoms with van der Waals surface area (Å²) in [7, 11) is 0. The number of benzene rings is 1. The second-order valence-electron chi connectivity index (χ2n) is 5.43. The van der Waals surface area contributed by atoms with Crippen LogP contribution in [0.2, 0.25) is 5.02 Å². The molecule has 3 rings (SSSR count). The van der Waals surface area contributed by atoms with Gasteiger partial charge in [-0.05, 0) is 36.8 Å². The fraction of sp³-hybridized carbons (Fsp3) is 0.167. The first-order valence-corrected chi connectivity index (χ1v) is 9.22. The average molecular weight is 389 g/mol. The average Bonchev–Trinajstić information content (AvgIpc) is 3.27. The van der Waals surface area contributed by atoms with E-state index in [9.17, 15) is 4.79 Å². The molecule has 8 heteroatoms. The third-order valence-corrected chi connectivity index (χ3v) is 5.02. The SMILES string of the molecule is C=CCn1c(SCC(=O)Nc2cccc(Cl)c2C)nnc1-c1ccco1. The van der Waals surface area contributed by atoms with Crippen LogP contribution in [0.4, 0.5) is 5.69 Å². The minimum absolute atomic E-state index is 0.145. The fourth-order valence-electron chi connectivity index (χ4n) is 2.34. The molecule has 0 atom stereocenters. The van der Waals surface area contributed by atoms with E-state index in [2.05, 4.69) is 22.1 Å². The molecule has 134 valence electrons. The second kappa shape index (κ2) is 8.25. The number of nitrogens with one attached hydrogen (secondary N) is 1. The second-order valence-corrected chi connectivity index (χ2v) is 6.78. The standard InChI is InChI=1S/C18H17ClN4O2S/c1-3-9-23-17(15-8-5-10-25-15)21-22-18(23)26-11-16(24)20-14-7-4-6-13(19)12(14)2/h3-8,10H,1,9,11H2,2H3,(H,20,24). The van der Waals surface area contributed by atoms with Gasteiger partial charge in [-0.25, -0.2) is 0 Å². The van der Waals surface area contributed by atoms with Crippen LogP contribution in [0.1, 0.15) is 5.56 Å². The van der Waals surface area contributed by atoms with Gasteiger partial charge in [-0.2, -0.15) is 0 Å². The number of aromatic nitrogens is 3. The summed E-state index contributed by atoms with van der Waals surface area (Å²) in [5, 5.41) is 12.4. The zero-order valence-electron chi connectivity index (χ0n) is 14.1. The first-order chi connectivity index (χ1) is 12.6. The summed E-state index contributed by atoms with van der Waals surface area (Å²) in [6.45, 7) is 6.14. The lowest BCUT2D eigenvalue weighted by Crippen LogP contribution is -2.15. The summed E-state index contributed by atoms with van der Waals surface area (Å²) in [6.07, 6.45) is 3.32. The number of hydrogen-bond donors (Lipinski definition) is 1. The highest BCUT2D eigenvalue weighted by atomic mass is 35.5. The Morgan fingerprint density at radius 2 is 2.23 bits per heavy atom. The summed E-state index contributed by atoms with van der Waals surface area (Å²) in [5.41, 5.74) is 1.54. The molecule has 0 aliphatic carbocycles. The van der Waals surface area contributed by atoms with Crippen molar-refractivity contribution in [3.8, 4) is 11.6 Å². The van der Waals surface area contributed by atoms with Gasteiger partial charge in [0.1, 0.15) is 0 Å². The molecule has 1 aromatic carbocycles. The van der Waals surface area contributed by atoms with Gasteiger partial charge in [0.25, 0.3) is 0 Å². The van der Waals surface area contributed by atoms with Crippen LogP contribution in [0.25, 0.3) is 11.6 Å². The highest BCUT2D eigenvalue weighted by Crippen LogP contribution is 2.26. The number of rotatable bonds is 7.